The standard InChI is InChI=1S/C44H72NO11P/c1-3-5-7-8-9-10-11-12-13-14-18-21-24-27-30-34-42(47)53-36-40(37-54-57(51,52)55-38-41(45)44(49)50)56-43(48)35-31-28-25-22-19-16-15-17-20-23-26-29-33-39(46)32-6-4-2/h9-10,12-13,15-16,18,20-23,25,29,33,39-41,46H,3-8,11,14,17,19,24,26-28,30-32,34-38,45H2,1-2H3,(H,49,50)(H,51,52)/b10-9-,13-12-,16-15-,21-18-,23-20-,25-22-,33-29-/t39-,40-,41+/m1/s1. The molecule has 0 fully saturated rings. The minimum Gasteiger partial charge on any atom is -0.480 e. The van der Waals surface area contributed by atoms with Crippen molar-refractivity contribution in [3.63, 3.8) is 0 Å². The van der Waals surface area contributed by atoms with Gasteiger partial charge in [-0.2, -0.15) is 0 Å². The van der Waals surface area contributed by atoms with Crippen molar-refractivity contribution in [1.82, 2.24) is 0 Å². The highest BCUT2D eigenvalue weighted by Gasteiger charge is 2.28. The van der Waals surface area contributed by atoms with Crippen LogP contribution in [-0.2, 0) is 37.5 Å². The Morgan fingerprint density at radius 3 is 1.63 bits per heavy atom. The van der Waals surface area contributed by atoms with Crippen LogP contribution in [0.1, 0.15) is 136 Å². The maximum atomic E-state index is 12.6. The predicted octanol–water partition coefficient (Wildman–Crippen LogP) is 9.69. The zero-order valence-electron chi connectivity index (χ0n) is 34.5. The Labute approximate surface area is 342 Å². The number of phosphoric ester groups is 1. The Balaban J connectivity index is 4.61. The number of carbonyl (C=O) groups excluding carboxylic acids is 2. The molecule has 0 aromatic carbocycles. The van der Waals surface area contributed by atoms with E-state index in [0.29, 0.717) is 19.3 Å². The number of aliphatic carboxylic acids is 1. The van der Waals surface area contributed by atoms with Crippen LogP contribution >= 0.6 is 7.82 Å². The van der Waals surface area contributed by atoms with Crippen molar-refractivity contribution >= 4 is 25.7 Å². The van der Waals surface area contributed by atoms with E-state index in [1.807, 2.05) is 24.3 Å². The highest BCUT2D eigenvalue weighted by atomic mass is 31.2. The van der Waals surface area contributed by atoms with E-state index in [4.69, 9.17) is 24.8 Å². The summed E-state index contributed by atoms with van der Waals surface area (Å²) in [6, 6.07) is -1.55. The molecule has 0 aromatic rings. The Bertz CT molecular complexity index is 1300. The van der Waals surface area contributed by atoms with E-state index in [-0.39, 0.29) is 18.9 Å². The number of unbranched alkanes of at least 4 members (excludes halogenated alkanes) is 7. The number of aliphatic hydroxyl groups excluding tert-OH is 1. The lowest BCUT2D eigenvalue weighted by Crippen LogP contribution is -2.34. The number of aliphatic hydroxyl groups is 1. The molecule has 0 saturated heterocycles. The van der Waals surface area contributed by atoms with E-state index < -0.39 is 57.7 Å². The average molecular weight is 822 g/mol. The molecule has 0 aliphatic carbocycles. The fourth-order valence-corrected chi connectivity index (χ4v) is 5.62. The van der Waals surface area contributed by atoms with Crippen LogP contribution in [0.25, 0.3) is 0 Å². The molecule has 13 heteroatoms. The second kappa shape index (κ2) is 38.2. The molecule has 5 N–H and O–H groups in total. The third-order valence-corrected chi connectivity index (χ3v) is 9.14. The molecule has 12 nitrogen and oxygen atoms in total. The summed E-state index contributed by atoms with van der Waals surface area (Å²) >= 11 is 0. The van der Waals surface area contributed by atoms with Crippen molar-refractivity contribution in [3.8, 4) is 0 Å². The van der Waals surface area contributed by atoms with E-state index in [2.05, 4.69) is 79.1 Å². The number of allylic oxidation sites excluding steroid dienone is 13. The molecule has 0 aliphatic rings. The predicted molar refractivity (Wildman–Crippen MR) is 227 cm³/mol. The normalized spacial score (nSPS) is 15.2. The van der Waals surface area contributed by atoms with Crippen LogP contribution in [0.4, 0.5) is 0 Å². The lowest BCUT2D eigenvalue weighted by atomic mass is 10.1. The number of rotatable bonds is 37. The van der Waals surface area contributed by atoms with Gasteiger partial charge in [0.25, 0.3) is 0 Å². The van der Waals surface area contributed by atoms with E-state index in [9.17, 15) is 28.9 Å². The summed E-state index contributed by atoms with van der Waals surface area (Å²) in [5.41, 5.74) is 5.32. The minimum absolute atomic E-state index is 0.0553. The van der Waals surface area contributed by atoms with E-state index in [0.717, 1.165) is 70.6 Å². The van der Waals surface area contributed by atoms with E-state index in [1.54, 1.807) is 0 Å². The smallest absolute Gasteiger partial charge is 0.472 e. The second-order valence-corrected chi connectivity index (χ2v) is 15.0. The van der Waals surface area contributed by atoms with Crippen molar-refractivity contribution in [2.24, 2.45) is 5.73 Å². The lowest BCUT2D eigenvalue weighted by Gasteiger charge is -2.20. The van der Waals surface area contributed by atoms with Crippen LogP contribution in [-0.4, -0.2) is 71.1 Å². The van der Waals surface area contributed by atoms with Crippen LogP contribution in [0.15, 0.2) is 85.1 Å². The number of hydrogen-bond acceptors (Lipinski definition) is 10. The van der Waals surface area contributed by atoms with Crippen molar-refractivity contribution in [3.05, 3.63) is 85.1 Å². The summed E-state index contributed by atoms with van der Waals surface area (Å²) in [5, 5.41) is 18.7. The van der Waals surface area contributed by atoms with Gasteiger partial charge in [-0.15, -0.1) is 0 Å². The highest BCUT2D eigenvalue weighted by molar-refractivity contribution is 7.47. The molecule has 0 rings (SSSR count). The van der Waals surface area contributed by atoms with Crippen LogP contribution in [0, 0.1) is 0 Å². The van der Waals surface area contributed by atoms with Crippen molar-refractivity contribution in [1.29, 1.82) is 0 Å². The van der Waals surface area contributed by atoms with Gasteiger partial charge in [0.05, 0.1) is 19.3 Å². The zero-order valence-corrected chi connectivity index (χ0v) is 35.4. The van der Waals surface area contributed by atoms with Gasteiger partial charge >= 0.3 is 25.7 Å². The van der Waals surface area contributed by atoms with E-state index in [1.165, 1.54) is 19.3 Å². The van der Waals surface area contributed by atoms with Crippen LogP contribution < -0.4 is 5.73 Å². The minimum atomic E-state index is -4.75. The third-order valence-electron chi connectivity index (χ3n) is 8.19. The first-order valence-electron chi connectivity index (χ1n) is 20.7. The Kier molecular flexibility index (Phi) is 35.9. The van der Waals surface area contributed by atoms with Gasteiger partial charge in [-0.3, -0.25) is 23.4 Å². The van der Waals surface area contributed by atoms with Crippen molar-refractivity contribution < 1.29 is 52.6 Å². The molecule has 57 heavy (non-hydrogen) atoms. The Morgan fingerprint density at radius 1 is 0.614 bits per heavy atom. The molecule has 0 saturated carbocycles. The zero-order chi connectivity index (χ0) is 42.2. The van der Waals surface area contributed by atoms with Crippen LogP contribution in [0.5, 0.6) is 0 Å². The van der Waals surface area contributed by atoms with Gasteiger partial charge < -0.3 is 30.3 Å². The first kappa shape index (κ1) is 53.6. The topological polar surface area (TPSA) is 192 Å². The summed E-state index contributed by atoms with van der Waals surface area (Å²) in [4.78, 5) is 45.8. The number of phosphoric acid groups is 1. The molecule has 0 aromatic heterocycles. The number of ether oxygens (including phenoxy) is 2. The number of nitrogens with two attached hydrogens (primary N) is 1. The Hall–Kier alpha value is -3.38. The van der Waals surface area contributed by atoms with Gasteiger partial charge in [0.1, 0.15) is 12.6 Å². The largest absolute Gasteiger partial charge is 0.480 e. The number of carbonyl (C=O) groups is 3. The second-order valence-electron chi connectivity index (χ2n) is 13.6. The third kappa shape index (κ3) is 37.9. The van der Waals surface area contributed by atoms with Gasteiger partial charge in [-0.25, -0.2) is 4.57 Å². The fourth-order valence-electron chi connectivity index (χ4n) is 4.84. The highest BCUT2D eigenvalue weighted by Crippen LogP contribution is 2.43. The summed E-state index contributed by atoms with van der Waals surface area (Å²) in [6.07, 6.45) is 42.8. The summed E-state index contributed by atoms with van der Waals surface area (Å²) in [6.45, 7) is 2.49. The molecule has 0 bridgehead atoms. The molecule has 0 amide bonds. The summed E-state index contributed by atoms with van der Waals surface area (Å²) < 4.78 is 32.5. The lowest BCUT2D eigenvalue weighted by molar-refractivity contribution is -0.161. The van der Waals surface area contributed by atoms with Gasteiger partial charge in [0.2, 0.25) is 0 Å². The molecule has 0 spiro atoms. The van der Waals surface area contributed by atoms with E-state index >= 15 is 0 Å². The number of esters is 2. The maximum absolute atomic E-state index is 12.6. The summed E-state index contributed by atoms with van der Waals surface area (Å²) in [5.74, 6) is -2.54. The number of hydrogen-bond donors (Lipinski definition) is 4. The monoisotopic (exact) mass is 821 g/mol. The SMILES string of the molecule is CCCCC/C=C\C/C=C\C/C=C\CCCCC(=O)OC[C@H](COP(=O)(O)OC[C@H](N)C(=O)O)OC(=O)CCC/C=C\C/C=C\C/C=C\C/C=C\[C@H](O)CCCC. The number of carboxylic acids is 1. The molecule has 0 radical (unpaired) electrons. The van der Waals surface area contributed by atoms with Gasteiger partial charge in [0, 0.05) is 12.8 Å². The molecular weight excluding hydrogens is 749 g/mol. The molecule has 4 atom stereocenters. The fraction of sp³-hybridized carbons (Fsp3) is 0.614. The quantitative estimate of drug-likeness (QED) is 0.0201. The molecule has 0 aliphatic heterocycles. The van der Waals surface area contributed by atoms with Gasteiger partial charge in [-0.05, 0) is 83.5 Å². The first-order chi connectivity index (χ1) is 27.5. The van der Waals surface area contributed by atoms with Gasteiger partial charge in [-0.1, -0.05) is 125 Å². The molecular formula is C44H72NO11P. The van der Waals surface area contributed by atoms with Crippen molar-refractivity contribution in [2.75, 3.05) is 19.8 Å². The Morgan fingerprint density at radius 2 is 1.09 bits per heavy atom. The average Bonchev–Trinajstić information content (AvgIpc) is 3.18. The van der Waals surface area contributed by atoms with Crippen molar-refractivity contribution in [2.45, 2.75) is 154 Å². The van der Waals surface area contributed by atoms with Crippen LogP contribution in [0.3, 0.4) is 0 Å². The van der Waals surface area contributed by atoms with Gasteiger partial charge in [0.15, 0.2) is 6.10 Å². The summed E-state index contributed by atoms with van der Waals surface area (Å²) in [7, 11) is -4.75. The maximum Gasteiger partial charge on any atom is 0.472 e. The molecule has 0 heterocycles. The first-order valence-corrected chi connectivity index (χ1v) is 22.2. The van der Waals surface area contributed by atoms with Crippen LogP contribution in [0.2, 0.25) is 0 Å². The molecule has 1 unspecified atom stereocenters. The number of carboxylic acid groups (broad SMARTS) is 1. The molecule has 324 valence electrons.